The molecule has 3 heterocycles. The minimum atomic E-state index is -4.01. The average molecular weight is 554 g/mol. The molecule has 200 valence electrons. The van der Waals surface area contributed by atoms with Gasteiger partial charge in [0.1, 0.15) is 11.4 Å². The molecule has 0 saturated carbocycles. The molecule has 0 aliphatic carbocycles. The van der Waals surface area contributed by atoms with Crippen molar-refractivity contribution >= 4 is 43.8 Å². The van der Waals surface area contributed by atoms with Crippen LogP contribution in [0.25, 0.3) is 44.1 Å². The van der Waals surface area contributed by atoms with Gasteiger partial charge in [-0.25, -0.2) is 22.0 Å². The van der Waals surface area contributed by atoms with Crippen molar-refractivity contribution in [3.63, 3.8) is 0 Å². The van der Waals surface area contributed by atoms with Gasteiger partial charge in [0, 0.05) is 50.9 Å². The first-order valence-electron chi connectivity index (χ1n) is 12.3. The molecule has 0 fully saturated rings. The molecular weight excluding hydrogens is 530 g/mol. The third-order valence-corrected chi connectivity index (χ3v) is 8.57. The molecule has 0 bridgehead atoms. The van der Waals surface area contributed by atoms with Crippen LogP contribution in [0.5, 0.6) is 0 Å². The summed E-state index contributed by atoms with van der Waals surface area (Å²) in [6.45, 7) is 0. The number of ether oxygens (including phenoxy) is 2. The Labute approximate surface area is 229 Å². The second kappa shape index (κ2) is 9.58. The van der Waals surface area contributed by atoms with E-state index in [4.69, 9.17) is 9.47 Å². The topological polar surface area (TPSA) is 123 Å². The fourth-order valence-corrected chi connectivity index (χ4v) is 6.47. The molecule has 0 aliphatic heterocycles. The van der Waals surface area contributed by atoms with E-state index >= 15 is 0 Å². The van der Waals surface area contributed by atoms with E-state index in [9.17, 15) is 18.0 Å². The Morgan fingerprint density at radius 1 is 0.725 bits per heavy atom. The normalized spacial score (nSPS) is 11.7. The largest absolute Gasteiger partial charge is 0.464 e. The van der Waals surface area contributed by atoms with E-state index in [1.807, 2.05) is 24.3 Å². The molecule has 0 spiro atoms. The number of rotatable bonds is 6. The van der Waals surface area contributed by atoms with Gasteiger partial charge in [0.25, 0.3) is 10.0 Å². The van der Waals surface area contributed by atoms with Crippen molar-refractivity contribution in [1.82, 2.24) is 13.9 Å². The van der Waals surface area contributed by atoms with Crippen molar-refractivity contribution in [2.24, 2.45) is 0 Å². The zero-order chi connectivity index (χ0) is 28.0. The van der Waals surface area contributed by atoms with Crippen molar-refractivity contribution in [3.8, 4) is 22.3 Å². The highest BCUT2D eigenvalue weighted by atomic mass is 32.2. The molecule has 6 aromatic rings. The van der Waals surface area contributed by atoms with Crippen molar-refractivity contribution in [1.29, 1.82) is 0 Å². The van der Waals surface area contributed by atoms with Crippen LogP contribution in [0.15, 0.2) is 96.2 Å². The summed E-state index contributed by atoms with van der Waals surface area (Å²) in [6, 6.07) is 22.6. The van der Waals surface area contributed by atoms with Crippen molar-refractivity contribution in [2.75, 3.05) is 14.2 Å². The Kier molecular flexibility index (Phi) is 6.04. The zero-order valence-corrected chi connectivity index (χ0v) is 22.3. The molecule has 0 radical (unpaired) electrons. The third-order valence-electron chi connectivity index (χ3n) is 6.88. The van der Waals surface area contributed by atoms with Crippen molar-refractivity contribution in [3.05, 3.63) is 103 Å². The predicted octanol–water partition coefficient (Wildman–Crippen LogP) is 5.59. The summed E-state index contributed by atoms with van der Waals surface area (Å²) >= 11 is 0. The van der Waals surface area contributed by atoms with Gasteiger partial charge in [-0.2, -0.15) is 0 Å². The molecule has 10 heteroatoms. The van der Waals surface area contributed by atoms with Gasteiger partial charge in [-0.3, -0.25) is 0 Å². The molecule has 40 heavy (non-hydrogen) atoms. The third kappa shape index (κ3) is 3.80. The highest BCUT2D eigenvalue weighted by Gasteiger charge is 2.32. The maximum Gasteiger partial charge on any atom is 0.355 e. The Morgan fingerprint density at radius 2 is 1.30 bits per heavy atom. The van der Waals surface area contributed by atoms with E-state index in [2.05, 4.69) is 9.97 Å². The lowest BCUT2D eigenvalue weighted by atomic mass is 9.94. The van der Waals surface area contributed by atoms with Crippen LogP contribution >= 0.6 is 0 Å². The van der Waals surface area contributed by atoms with Crippen LogP contribution in [0.4, 0.5) is 0 Å². The van der Waals surface area contributed by atoms with Crippen LogP contribution in [0, 0.1) is 0 Å². The Hall–Kier alpha value is -5.09. The van der Waals surface area contributed by atoms with Gasteiger partial charge < -0.3 is 19.4 Å². The number of esters is 2. The average Bonchev–Trinajstić information content (AvgIpc) is 3.70. The van der Waals surface area contributed by atoms with Gasteiger partial charge in [-0.05, 0) is 24.3 Å². The number of nitrogens with one attached hydrogen (secondary N) is 2. The number of para-hydroxylation sites is 2. The van der Waals surface area contributed by atoms with E-state index in [0.29, 0.717) is 33.2 Å². The molecule has 9 nitrogen and oxygen atoms in total. The molecule has 0 amide bonds. The van der Waals surface area contributed by atoms with Gasteiger partial charge >= 0.3 is 11.9 Å². The minimum Gasteiger partial charge on any atom is -0.464 e. The molecule has 0 aliphatic rings. The Morgan fingerprint density at radius 3 is 1.98 bits per heavy atom. The van der Waals surface area contributed by atoms with E-state index in [1.54, 1.807) is 48.7 Å². The van der Waals surface area contributed by atoms with Crippen LogP contribution < -0.4 is 0 Å². The zero-order valence-electron chi connectivity index (χ0n) is 21.5. The maximum atomic E-state index is 13.8. The lowest BCUT2D eigenvalue weighted by molar-refractivity contribution is 0.0591. The van der Waals surface area contributed by atoms with Gasteiger partial charge in [0.05, 0.1) is 24.6 Å². The number of aromatic amines is 2. The fourth-order valence-electron chi connectivity index (χ4n) is 5.08. The van der Waals surface area contributed by atoms with Gasteiger partial charge in [-0.15, -0.1) is 0 Å². The van der Waals surface area contributed by atoms with Gasteiger partial charge in [0.15, 0.2) is 0 Å². The van der Waals surface area contributed by atoms with Crippen molar-refractivity contribution in [2.45, 2.75) is 4.90 Å². The van der Waals surface area contributed by atoms with Crippen LogP contribution in [0.1, 0.15) is 21.0 Å². The van der Waals surface area contributed by atoms with Crippen molar-refractivity contribution < 1.29 is 27.5 Å². The summed E-state index contributed by atoms with van der Waals surface area (Å²) in [5.74, 6) is -1.42. The van der Waals surface area contributed by atoms with Gasteiger partial charge in [0.2, 0.25) is 0 Å². The summed E-state index contributed by atoms with van der Waals surface area (Å²) in [5.41, 5.74) is 2.98. The highest BCUT2D eigenvalue weighted by molar-refractivity contribution is 7.90. The lowest BCUT2D eigenvalue weighted by Crippen LogP contribution is -2.11. The van der Waals surface area contributed by atoms with Crippen LogP contribution in [-0.2, 0) is 19.5 Å². The number of fused-ring (bicyclic) bond motifs is 2. The first kappa shape index (κ1) is 25.2. The minimum absolute atomic E-state index is 0.0109. The van der Waals surface area contributed by atoms with Crippen LogP contribution in [-0.4, -0.2) is 48.5 Å². The number of methoxy groups -OCH3 is 2. The molecule has 0 saturated heterocycles. The molecule has 6 rings (SSSR count). The van der Waals surface area contributed by atoms with Crippen LogP contribution in [0.3, 0.4) is 0 Å². The molecule has 0 unspecified atom stereocenters. The van der Waals surface area contributed by atoms with E-state index < -0.39 is 22.0 Å². The fraction of sp³-hybridized carbons (Fsp3) is 0.0667. The Balaban J connectivity index is 1.75. The second-order valence-electron chi connectivity index (χ2n) is 9.03. The lowest BCUT2D eigenvalue weighted by Gasteiger charge is -2.08. The number of hydrogen-bond donors (Lipinski definition) is 2. The van der Waals surface area contributed by atoms with E-state index in [1.165, 1.54) is 36.5 Å². The number of hydrogen-bond acceptors (Lipinski definition) is 6. The summed E-state index contributed by atoms with van der Waals surface area (Å²) in [5, 5.41) is 1.36. The summed E-state index contributed by atoms with van der Waals surface area (Å²) in [4.78, 5) is 32.5. The number of aromatic nitrogens is 3. The molecular formula is C30H23N3O6S. The van der Waals surface area contributed by atoms with E-state index in [-0.39, 0.29) is 16.3 Å². The number of benzene rings is 3. The summed E-state index contributed by atoms with van der Waals surface area (Å²) in [6.07, 6.45) is 3.22. The quantitative estimate of drug-likeness (QED) is 0.259. The van der Waals surface area contributed by atoms with Crippen LogP contribution in [0.2, 0.25) is 0 Å². The highest BCUT2D eigenvalue weighted by Crippen LogP contribution is 2.45. The molecule has 2 N–H and O–H groups in total. The smallest absolute Gasteiger partial charge is 0.355 e. The first-order valence-corrected chi connectivity index (χ1v) is 13.7. The number of carbonyl (C=O) groups excluding carboxylic acids is 2. The Bertz CT molecular complexity index is 2030. The van der Waals surface area contributed by atoms with E-state index in [0.717, 1.165) is 10.9 Å². The SMILES string of the molecule is COC(=O)c1[nH]c(C(=O)OC)c(-c2cn(S(=O)(=O)c3ccccc3)c3ccccc23)c1-c1c[nH]c2ccccc12. The molecule has 0 atom stereocenters. The maximum absolute atomic E-state index is 13.8. The predicted molar refractivity (Wildman–Crippen MR) is 151 cm³/mol. The summed E-state index contributed by atoms with van der Waals surface area (Å²) < 4.78 is 39.0. The first-order chi connectivity index (χ1) is 19.4. The number of nitrogens with zero attached hydrogens (tertiary/aromatic N) is 1. The standard InChI is InChI=1S/C30H23N3O6S/c1-38-29(34)27-25(21-16-31-23-14-8-6-12-19(21)23)26(28(32-27)30(35)39-2)22-17-33(24-15-9-7-13-20(22)24)40(36,37)18-10-4-3-5-11-18/h3-17,31-32H,1-2H3. The summed E-state index contributed by atoms with van der Waals surface area (Å²) in [7, 11) is -1.53. The van der Waals surface area contributed by atoms with Gasteiger partial charge in [-0.1, -0.05) is 54.6 Å². The molecule has 3 aromatic heterocycles. The second-order valence-corrected chi connectivity index (χ2v) is 10.8. The monoisotopic (exact) mass is 553 g/mol. The number of carbonyl (C=O) groups is 2. The number of H-pyrrole nitrogens is 2. The molecule has 3 aromatic carbocycles.